The average Bonchev–Trinajstić information content (AvgIpc) is 2.33. The quantitative estimate of drug-likeness (QED) is 0.719. The fraction of sp³-hybridized carbons (Fsp3) is 0.0667. The summed E-state index contributed by atoms with van der Waals surface area (Å²) in [5.41, 5.74) is 2.30. The van der Waals surface area contributed by atoms with E-state index in [1.165, 1.54) is 17.7 Å². The van der Waals surface area contributed by atoms with Crippen LogP contribution in [0.4, 0.5) is 4.39 Å². The van der Waals surface area contributed by atoms with Crippen LogP contribution in [0.3, 0.4) is 0 Å². The molecule has 0 aliphatic rings. The second-order valence-corrected chi connectivity index (χ2v) is 3.64. The highest BCUT2D eigenvalue weighted by Gasteiger charge is 1.90. The molecule has 1 heteroatoms. The Labute approximate surface area is 95.1 Å². The first-order chi connectivity index (χ1) is 7.84. The van der Waals surface area contributed by atoms with Gasteiger partial charge in [0.2, 0.25) is 0 Å². The van der Waals surface area contributed by atoms with E-state index in [1.54, 1.807) is 0 Å². The first-order valence-corrected chi connectivity index (χ1v) is 5.30. The number of allylic oxidation sites excluding steroid dienone is 1. The SMILES string of the molecule is Fc1ccc(CC=Cc2ccccc2)cc1. The zero-order valence-electron chi connectivity index (χ0n) is 8.94. The minimum atomic E-state index is -0.184. The second kappa shape index (κ2) is 5.26. The molecule has 0 aliphatic heterocycles. The highest BCUT2D eigenvalue weighted by Crippen LogP contribution is 2.06. The standard InChI is InChI=1S/C15H13F/c16-15-11-9-14(10-12-15)8-4-7-13-5-2-1-3-6-13/h1-7,9-12H,8H2. The Morgan fingerprint density at radius 1 is 0.875 bits per heavy atom. The van der Waals surface area contributed by atoms with E-state index in [4.69, 9.17) is 0 Å². The van der Waals surface area contributed by atoms with Crippen LogP contribution in [0.5, 0.6) is 0 Å². The van der Waals surface area contributed by atoms with Gasteiger partial charge in [-0.15, -0.1) is 0 Å². The van der Waals surface area contributed by atoms with Crippen LogP contribution >= 0.6 is 0 Å². The molecule has 80 valence electrons. The average molecular weight is 212 g/mol. The molecule has 2 aromatic carbocycles. The fourth-order valence-corrected chi connectivity index (χ4v) is 1.52. The van der Waals surface area contributed by atoms with Crippen molar-refractivity contribution >= 4 is 6.08 Å². The van der Waals surface area contributed by atoms with Gasteiger partial charge in [-0.25, -0.2) is 4.39 Å². The van der Waals surface area contributed by atoms with Gasteiger partial charge < -0.3 is 0 Å². The van der Waals surface area contributed by atoms with Crippen molar-refractivity contribution in [2.75, 3.05) is 0 Å². The molecule has 0 heterocycles. The van der Waals surface area contributed by atoms with Crippen LogP contribution in [0.15, 0.2) is 60.7 Å². The third-order valence-electron chi connectivity index (χ3n) is 2.38. The Bertz CT molecular complexity index is 455. The zero-order chi connectivity index (χ0) is 11.2. The Morgan fingerprint density at radius 3 is 2.25 bits per heavy atom. The molecular weight excluding hydrogens is 199 g/mol. The molecule has 0 amide bonds. The van der Waals surface area contributed by atoms with Gasteiger partial charge in [0.1, 0.15) is 5.82 Å². The third-order valence-corrected chi connectivity index (χ3v) is 2.38. The summed E-state index contributed by atoms with van der Waals surface area (Å²) in [6.07, 6.45) is 4.99. The normalized spacial score (nSPS) is 10.8. The van der Waals surface area contributed by atoms with Crippen LogP contribution in [0, 0.1) is 5.82 Å². The highest BCUT2D eigenvalue weighted by atomic mass is 19.1. The molecule has 0 spiro atoms. The summed E-state index contributed by atoms with van der Waals surface area (Å²) >= 11 is 0. The molecule has 0 aromatic heterocycles. The summed E-state index contributed by atoms with van der Waals surface area (Å²) in [7, 11) is 0. The minimum absolute atomic E-state index is 0.184. The number of rotatable bonds is 3. The molecular formula is C15H13F. The van der Waals surface area contributed by atoms with Crippen molar-refractivity contribution in [2.45, 2.75) is 6.42 Å². The Balaban J connectivity index is 1.97. The fourth-order valence-electron chi connectivity index (χ4n) is 1.52. The van der Waals surface area contributed by atoms with Gasteiger partial charge in [0, 0.05) is 0 Å². The van der Waals surface area contributed by atoms with Gasteiger partial charge in [0.25, 0.3) is 0 Å². The van der Waals surface area contributed by atoms with Gasteiger partial charge >= 0.3 is 0 Å². The van der Waals surface area contributed by atoms with Crippen molar-refractivity contribution in [1.82, 2.24) is 0 Å². The summed E-state index contributed by atoms with van der Waals surface area (Å²) in [5.74, 6) is -0.184. The lowest BCUT2D eigenvalue weighted by atomic mass is 10.1. The molecule has 2 rings (SSSR count). The topological polar surface area (TPSA) is 0 Å². The van der Waals surface area contributed by atoms with Gasteiger partial charge in [-0.3, -0.25) is 0 Å². The zero-order valence-corrected chi connectivity index (χ0v) is 8.94. The van der Waals surface area contributed by atoms with Crippen molar-refractivity contribution in [3.63, 3.8) is 0 Å². The lowest BCUT2D eigenvalue weighted by molar-refractivity contribution is 0.627. The van der Waals surface area contributed by atoms with Crippen molar-refractivity contribution < 1.29 is 4.39 Å². The van der Waals surface area contributed by atoms with Crippen molar-refractivity contribution in [3.8, 4) is 0 Å². The maximum absolute atomic E-state index is 12.7. The van der Waals surface area contributed by atoms with Crippen LogP contribution in [0.2, 0.25) is 0 Å². The molecule has 0 unspecified atom stereocenters. The third kappa shape index (κ3) is 3.06. The molecule has 2 aromatic rings. The molecule has 0 bridgehead atoms. The van der Waals surface area contributed by atoms with Crippen molar-refractivity contribution in [2.24, 2.45) is 0 Å². The van der Waals surface area contributed by atoms with E-state index in [-0.39, 0.29) is 5.82 Å². The summed E-state index contributed by atoms with van der Waals surface area (Å²) in [5, 5.41) is 0. The van der Waals surface area contributed by atoms with Gasteiger partial charge in [-0.1, -0.05) is 54.6 Å². The molecule has 16 heavy (non-hydrogen) atoms. The van der Waals surface area contributed by atoms with E-state index >= 15 is 0 Å². The lowest BCUT2D eigenvalue weighted by Crippen LogP contribution is -1.81. The van der Waals surface area contributed by atoms with Crippen molar-refractivity contribution in [3.05, 3.63) is 77.6 Å². The monoisotopic (exact) mass is 212 g/mol. The van der Waals surface area contributed by atoms with E-state index < -0.39 is 0 Å². The van der Waals surface area contributed by atoms with Crippen LogP contribution < -0.4 is 0 Å². The predicted octanol–water partition coefficient (Wildman–Crippen LogP) is 4.08. The minimum Gasteiger partial charge on any atom is -0.207 e. The molecule has 0 atom stereocenters. The van der Waals surface area contributed by atoms with Gasteiger partial charge in [0.05, 0.1) is 0 Å². The van der Waals surface area contributed by atoms with Crippen LogP contribution in [-0.2, 0) is 6.42 Å². The second-order valence-electron chi connectivity index (χ2n) is 3.64. The summed E-state index contributed by atoms with van der Waals surface area (Å²) < 4.78 is 12.7. The van der Waals surface area contributed by atoms with Gasteiger partial charge in [0.15, 0.2) is 0 Å². The summed E-state index contributed by atoms with van der Waals surface area (Å²) in [4.78, 5) is 0. The summed E-state index contributed by atoms with van der Waals surface area (Å²) in [6.45, 7) is 0. The largest absolute Gasteiger partial charge is 0.207 e. The first kappa shape index (κ1) is 10.6. The van der Waals surface area contributed by atoms with Crippen LogP contribution in [0.25, 0.3) is 6.08 Å². The molecule has 0 nitrogen and oxygen atoms in total. The Hall–Kier alpha value is -1.89. The van der Waals surface area contributed by atoms with E-state index in [9.17, 15) is 4.39 Å². The van der Waals surface area contributed by atoms with E-state index in [1.807, 2.05) is 30.3 Å². The number of halogens is 1. The molecule has 0 fully saturated rings. The van der Waals surface area contributed by atoms with E-state index in [0.717, 1.165) is 12.0 Å². The van der Waals surface area contributed by atoms with Crippen molar-refractivity contribution in [1.29, 1.82) is 0 Å². The highest BCUT2D eigenvalue weighted by molar-refractivity contribution is 5.49. The first-order valence-electron chi connectivity index (χ1n) is 5.30. The van der Waals surface area contributed by atoms with E-state index in [0.29, 0.717) is 0 Å². The Morgan fingerprint density at radius 2 is 1.56 bits per heavy atom. The van der Waals surface area contributed by atoms with Gasteiger partial charge in [-0.2, -0.15) is 0 Å². The van der Waals surface area contributed by atoms with Crippen LogP contribution in [0.1, 0.15) is 11.1 Å². The van der Waals surface area contributed by atoms with Crippen LogP contribution in [-0.4, -0.2) is 0 Å². The number of benzene rings is 2. The van der Waals surface area contributed by atoms with Gasteiger partial charge in [-0.05, 0) is 29.7 Å². The number of hydrogen-bond donors (Lipinski definition) is 0. The molecule has 0 N–H and O–H groups in total. The lowest BCUT2D eigenvalue weighted by Gasteiger charge is -1.96. The molecule has 0 radical (unpaired) electrons. The Kier molecular flexibility index (Phi) is 3.50. The molecule has 0 aliphatic carbocycles. The smallest absolute Gasteiger partial charge is 0.123 e. The maximum atomic E-state index is 12.7. The summed E-state index contributed by atoms with van der Waals surface area (Å²) in [6, 6.07) is 16.7. The maximum Gasteiger partial charge on any atom is 0.123 e. The predicted molar refractivity (Wildman–Crippen MR) is 65.6 cm³/mol. The molecule has 0 saturated carbocycles. The van der Waals surface area contributed by atoms with E-state index in [2.05, 4.69) is 24.3 Å². The number of hydrogen-bond acceptors (Lipinski definition) is 0. The molecule has 0 saturated heterocycles.